The third kappa shape index (κ3) is 5.79. The van der Waals surface area contributed by atoms with Crippen molar-refractivity contribution in [2.24, 2.45) is 5.10 Å². The Morgan fingerprint density at radius 2 is 1.82 bits per heavy atom. The highest BCUT2D eigenvalue weighted by molar-refractivity contribution is 7.89. The number of carbonyl (C=O) groups excluding carboxylic acids is 1. The molecule has 2 aromatic carbocycles. The molecule has 2 N–H and O–H groups in total. The zero-order chi connectivity index (χ0) is 24.0. The van der Waals surface area contributed by atoms with E-state index in [0.717, 1.165) is 5.56 Å². The number of nitrogens with one attached hydrogen (secondary N) is 2. The molecule has 0 aliphatic carbocycles. The molecular weight excluding hydrogens is 458 g/mol. The summed E-state index contributed by atoms with van der Waals surface area (Å²) in [6.07, 6.45) is 1.48. The van der Waals surface area contributed by atoms with Crippen LogP contribution in [-0.2, 0) is 27.9 Å². The summed E-state index contributed by atoms with van der Waals surface area (Å²) in [7, 11) is -3.70. The van der Waals surface area contributed by atoms with Gasteiger partial charge in [-0.1, -0.05) is 42.5 Å². The van der Waals surface area contributed by atoms with E-state index >= 15 is 0 Å². The first-order valence-corrected chi connectivity index (χ1v) is 11.7. The largest absolute Gasteiger partial charge is 0.468 e. The third-order valence-corrected chi connectivity index (χ3v) is 6.13. The summed E-state index contributed by atoms with van der Waals surface area (Å²) in [5.41, 5.74) is 4.38. The van der Waals surface area contributed by atoms with Crippen LogP contribution in [0.2, 0.25) is 0 Å². The number of aromatic nitrogens is 4. The molecule has 2 heterocycles. The molecule has 0 aliphatic rings. The van der Waals surface area contributed by atoms with E-state index in [2.05, 4.69) is 30.7 Å². The first-order chi connectivity index (χ1) is 16.4. The van der Waals surface area contributed by atoms with Gasteiger partial charge in [-0.3, -0.25) is 4.79 Å². The number of benzene rings is 2. The van der Waals surface area contributed by atoms with Crippen LogP contribution in [0.25, 0.3) is 11.4 Å². The molecule has 4 aromatic rings. The highest BCUT2D eigenvalue weighted by atomic mass is 32.2. The second kappa shape index (κ2) is 10.2. The van der Waals surface area contributed by atoms with Crippen molar-refractivity contribution >= 4 is 21.6 Å². The van der Waals surface area contributed by atoms with Gasteiger partial charge in [-0.05, 0) is 42.0 Å². The Kier molecular flexibility index (Phi) is 6.90. The molecule has 12 heteroatoms. The molecule has 0 saturated heterocycles. The van der Waals surface area contributed by atoms with Gasteiger partial charge in [0.05, 0.1) is 23.4 Å². The molecule has 0 aliphatic heterocycles. The van der Waals surface area contributed by atoms with Gasteiger partial charge >= 0.3 is 0 Å². The summed E-state index contributed by atoms with van der Waals surface area (Å²) in [5, 5.41) is 16.1. The van der Waals surface area contributed by atoms with E-state index in [4.69, 9.17) is 4.42 Å². The van der Waals surface area contributed by atoms with Crippen LogP contribution >= 0.6 is 0 Å². The van der Waals surface area contributed by atoms with Crippen LogP contribution in [0.3, 0.4) is 0 Å². The summed E-state index contributed by atoms with van der Waals surface area (Å²) in [4.78, 5) is 13.5. The molecule has 174 valence electrons. The number of tetrazole rings is 1. The molecule has 0 atom stereocenters. The van der Waals surface area contributed by atoms with Crippen LogP contribution in [0, 0.1) is 0 Å². The predicted octanol–water partition coefficient (Wildman–Crippen LogP) is 1.95. The van der Waals surface area contributed by atoms with Gasteiger partial charge in [0.15, 0.2) is 0 Å². The maximum Gasteiger partial charge on any atom is 0.263 e. The van der Waals surface area contributed by atoms with Crippen LogP contribution < -0.4 is 10.1 Å². The SMILES string of the molecule is CC(=NNC(=O)Cn1nnc(-c2ccccc2)n1)c1ccc(S(=O)(=O)NCc2ccco2)cc1. The van der Waals surface area contributed by atoms with E-state index < -0.39 is 15.9 Å². The number of sulfonamides is 1. The number of hydrazone groups is 1. The molecule has 2 aromatic heterocycles. The van der Waals surface area contributed by atoms with Gasteiger partial charge in [0, 0.05) is 5.56 Å². The molecule has 4 rings (SSSR count). The average molecular weight is 480 g/mol. The van der Waals surface area contributed by atoms with Gasteiger partial charge < -0.3 is 4.42 Å². The predicted molar refractivity (Wildman–Crippen MR) is 123 cm³/mol. The monoisotopic (exact) mass is 479 g/mol. The minimum Gasteiger partial charge on any atom is -0.468 e. The summed E-state index contributed by atoms with van der Waals surface area (Å²) < 4.78 is 32.5. The Bertz CT molecular complexity index is 1380. The first-order valence-electron chi connectivity index (χ1n) is 10.2. The van der Waals surface area contributed by atoms with Gasteiger partial charge in [0.25, 0.3) is 5.91 Å². The quantitative estimate of drug-likeness (QED) is 0.276. The zero-order valence-electron chi connectivity index (χ0n) is 18.1. The molecule has 0 unspecified atom stereocenters. The highest BCUT2D eigenvalue weighted by Crippen LogP contribution is 2.13. The Balaban J connectivity index is 1.33. The lowest BCUT2D eigenvalue weighted by Gasteiger charge is -2.07. The van der Waals surface area contributed by atoms with E-state index in [1.165, 1.54) is 23.2 Å². The number of hydrogen-bond acceptors (Lipinski definition) is 8. The maximum absolute atomic E-state index is 12.4. The lowest BCUT2D eigenvalue weighted by Crippen LogP contribution is -2.25. The summed E-state index contributed by atoms with van der Waals surface area (Å²) >= 11 is 0. The van der Waals surface area contributed by atoms with Gasteiger partial charge in [0.1, 0.15) is 12.3 Å². The van der Waals surface area contributed by atoms with Crippen molar-refractivity contribution < 1.29 is 17.6 Å². The normalized spacial score (nSPS) is 12.0. The Hall–Kier alpha value is -4.16. The molecular formula is C22H21N7O4S. The summed E-state index contributed by atoms with van der Waals surface area (Å²) in [6, 6.07) is 18.8. The van der Waals surface area contributed by atoms with Crippen LogP contribution in [0.5, 0.6) is 0 Å². The number of hydrogen-bond donors (Lipinski definition) is 2. The van der Waals surface area contributed by atoms with E-state index in [0.29, 0.717) is 22.9 Å². The molecule has 34 heavy (non-hydrogen) atoms. The number of rotatable bonds is 9. The van der Waals surface area contributed by atoms with Gasteiger partial charge in [-0.2, -0.15) is 9.90 Å². The molecule has 11 nitrogen and oxygen atoms in total. The minimum absolute atomic E-state index is 0.0527. The maximum atomic E-state index is 12.4. The lowest BCUT2D eigenvalue weighted by molar-refractivity contribution is -0.122. The van der Waals surface area contributed by atoms with Gasteiger partial charge in [0.2, 0.25) is 15.8 Å². The molecule has 0 radical (unpaired) electrons. The van der Waals surface area contributed by atoms with Crippen LogP contribution in [0.4, 0.5) is 0 Å². The van der Waals surface area contributed by atoms with E-state index in [1.54, 1.807) is 31.2 Å². The van der Waals surface area contributed by atoms with Crippen LogP contribution in [0.1, 0.15) is 18.2 Å². The van der Waals surface area contributed by atoms with Crippen molar-refractivity contribution in [3.63, 3.8) is 0 Å². The molecule has 0 bridgehead atoms. The standard InChI is InChI=1S/C22H21N7O4S/c1-16(17-9-11-20(12-10-17)34(31,32)23-14-19-8-5-13-33-19)24-25-21(30)15-29-27-22(26-28-29)18-6-3-2-4-7-18/h2-13,23H,14-15H2,1H3,(H,25,30). The molecule has 1 amide bonds. The van der Waals surface area contributed by atoms with Gasteiger partial charge in [-0.25, -0.2) is 18.6 Å². The van der Waals surface area contributed by atoms with Crippen molar-refractivity contribution in [1.29, 1.82) is 0 Å². The highest BCUT2D eigenvalue weighted by Gasteiger charge is 2.15. The fourth-order valence-corrected chi connectivity index (χ4v) is 3.92. The number of amides is 1. The van der Waals surface area contributed by atoms with Crippen LogP contribution in [0.15, 0.2) is 87.4 Å². The van der Waals surface area contributed by atoms with Gasteiger partial charge in [-0.15, -0.1) is 10.2 Å². The minimum atomic E-state index is -3.70. The van der Waals surface area contributed by atoms with Crippen LogP contribution in [-0.4, -0.2) is 40.2 Å². The fraction of sp³-hybridized carbons (Fsp3) is 0.136. The third-order valence-electron chi connectivity index (χ3n) is 4.72. The Morgan fingerprint density at radius 1 is 1.06 bits per heavy atom. The Labute approximate surface area is 195 Å². The number of carbonyl (C=O) groups is 1. The van der Waals surface area contributed by atoms with Crippen molar-refractivity contribution in [3.8, 4) is 11.4 Å². The van der Waals surface area contributed by atoms with Crippen molar-refractivity contribution in [2.75, 3.05) is 0 Å². The lowest BCUT2D eigenvalue weighted by atomic mass is 10.1. The van der Waals surface area contributed by atoms with E-state index in [1.807, 2.05) is 30.3 Å². The zero-order valence-corrected chi connectivity index (χ0v) is 18.9. The molecule has 0 fully saturated rings. The summed E-state index contributed by atoms with van der Waals surface area (Å²) in [6.45, 7) is 1.59. The first kappa shape index (κ1) is 23.0. The molecule has 0 saturated carbocycles. The smallest absolute Gasteiger partial charge is 0.263 e. The van der Waals surface area contributed by atoms with Crippen molar-refractivity contribution in [1.82, 2.24) is 30.4 Å². The van der Waals surface area contributed by atoms with Crippen molar-refractivity contribution in [2.45, 2.75) is 24.9 Å². The summed E-state index contributed by atoms with van der Waals surface area (Å²) in [5.74, 6) is 0.496. The average Bonchev–Trinajstić information content (AvgIpc) is 3.54. The van der Waals surface area contributed by atoms with Crippen molar-refractivity contribution in [3.05, 3.63) is 84.3 Å². The second-order valence-electron chi connectivity index (χ2n) is 7.17. The topological polar surface area (TPSA) is 144 Å². The Morgan fingerprint density at radius 3 is 2.53 bits per heavy atom. The van der Waals surface area contributed by atoms with E-state index in [9.17, 15) is 13.2 Å². The molecule has 0 spiro atoms. The number of furan rings is 1. The second-order valence-corrected chi connectivity index (χ2v) is 8.94. The fourth-order valence-electron chi connectivity index (χ4n) is 2.93. The number of nitrogens with zero attached hydrogens (tertiary/aromatic N) is 5. The van der Waals surface area contributed by atoms with E-state index in [-0.39, 0.29) is 18.0 Å².